The number of nitrogens with zero attached hydrogens (tertiary/aromatic N) is 1. The maximum absolute atomic E-state index is 12.6. The summed E-state index contributed by atoms with van der Waals surface area (Å²) in [7, 11) is 0. The van der Waals surface area contributed by atoms with E-state index in [9.17, 15) is 14.4 Å². The standard InChI is InChI=1S/C21H22N2O4/c1-14-4-2-3-13-23(14)20(25)16-9-11-18(12-10-16)22-19(24)15-5-7-17(8-6-15)21(26)27/h5-12,14H,2-4,13H2,1H3,(H,22,24)(H,26,27). The molecule has 6 heteroatoms. The van der Waals surface area contributed by atoms with Gasteiger partial charge in [0.1, 0.15) is 0 Å². The molecule has 2 aromatic rings. The van der Waals surface area contributed by atoms with Crippen molar-refractivity contribution in [3.8, 4) is 0 Å². The van der Waals surface area contributed by atoms with Gasteiger partial charge in [-0.15, -0.1) is 0 Å². The van der Waals surface area contributed by atoms with Crippen LogP contribution in [0.4, 0.5) is 5.69 Å². The molecule has 1 atom stereocenters. The average Bonchev–Trinajstić information content (AvgIpc) is 2.68. The summed E-state index contributed by atoms with van der Waals surface area (Å²) in [4.78, 5) is 37.7. The largest absolute Gasteiger partial charge is 0.478 e. The van der Waals surface area contributed by atoms with E-state index in [-0.39, 0.29) is 23.4 Å². The molecule has 2 aromatic carbocycles. The lowest BCUT2D eigenvalue weighted by Crippen LogP contribution is -2.42. The number of benzene rings is 2. The van der Waals surface area contributed by atoms with Gasteiger partial charge in [0.25, 0.3) is 11.8 Å². The third-order valence-electron chi connectivity index (χ3n) is 4.85. The number of piperidine rings is 1. The number of hydrogen-bond acceptors (Lipinski definition) is 3. The highest BCUT2D eigenvalue weighted by Gasteiger charge is 2.24. The van der Waals surface area contributed by atoms with E-state index in [1.807, 2.05) is 4.90 Å². The lowest BCUT2D eigenvalue weighted by atomic mass is 10.0. The van der Waals surface area contributed by atoms with E-state index in [1.54, 1.807) is 24.3 Å². The van der Waals surface area contributed by atoms with Crippen LogP contribution in [0.3, 0.4) is 0 Å². The minimum Gasteiger partial charge on any atom is -0.478 e. The number of hydrogen-bond donors (Lipinski definition) is 2. The summed E-state index contributed by atoms with van der Waals surface area (Å²) in [6.45, 7) is 2.85. The van der Waals surface area contributed by atoms with E-state index in [0.29, 0.717) is 16.8 Å². The zero-order chi connectivity index (χ0) is 19.4. The monoisotopic (exact) mass is 366 g/mol. The summed E-state index contributed by atoms with van der Waals surface area (Å²) in [6.07, 6.45) is 3.22. The van der Waals surface area contributed by atoms with Crippen molar-refractivity contribution < 1.29 is 19.5 Å². The first-order valence-corrected chi connectivity index (χ1v) is 9.01. The number of carboxylic acid groups (broad SMARTS) is 1. The Morgan fingerprint density at radius 2 is 1.52 bits per heavy atom. The first kappa shape index (κ1) is 18.6. The van der Waals surface area contributed by atoms with Crippen LogP contribution in [-0.4, -0.2) is 40.4 Å². The molecule has 2 N–H and O–H groups in total. The molecule has 27 heavy (non-hydrogen) atoms. The molecule has 3 rings (SSSR count). The molecule has 0 aliphatic carbocycles. The summed E-state index contributed by atoms with van der Waals surface area (Å²) < 4.78 is 0. The Balaban J connectivity index is 1.65. The van der Waals surface area contributed by atoms with Crippen LogP contribution in [0.15, 0.2) is 48.5 Å². The third-order valence-corrected chi connectivity index (χ3v) is 4.85. The number of anilines is 1. The molecular weight excluding hydrogens is 344 g/mol. The van der Waals surface area contributed by atoms with Crippen molar-refractivity contribution >= 4 is 23.5 Å². The van der Waals surface area contributed by atoms with Crippen molar-refractivity contribution in [1.29, 1.82) is 0 Å². The molecule has 1 aliphatic heterocycles. The first-order valence-electron chi connectivity index (χ1n) is 9.01. The Morgan fingerprint density at radius 1 is 0.926 bits per heavy atom. The van der Waals surface area contributed by atoms with Crippen molar-refractivity contribution in [3.05, 3.63) is 65.2 Å². The number of carbonyl (C=O) groups is 3. The maximum atomic E-state index is 12.6. The van der Waals surface area contributed by atoms with E-state index < -0.39 is 5.97 Å². The van der Waals surface area contributed by atoms with Crippen LogP contribution in [0.25, 0.3) is 0 Å². The molecule has 1 saturated heterocycles. The van der Waals surface area contributed by atoms with E-state index in [1.165, 1.54) is 24.3 Å². The van der Waals surface area contributed by atoms with Gasteiger partial charge in [0.15, 0.2) is 0 Å². The van der Waals surface area contributed by atoms with Crippen molar-refractivity contribution in [2.24, 2.45) is 0 Å². The van der Waals surface area contributed by atoms with E-state index in [0.717, 1.165) is 25.8 Å². The van der Waals surface area contributed by atoms with Crippen molar-refractivity contribution in [2.45, 2.75) is 32.2 Å². The molecular formula is C21H22N2O4. The summed E-state index contributed by atoms with van der Waals surface area (Å²) in [5.41, 5.74) is 1.67. The van der Waals surface area contributed by atoms with E-state index >= 15 is 0 Å². The maximum Gasteiger partial charge on any atom is 0.335 e. The first-order chi connectivity index (χ1) is 13.0. The van der Waals surface area contributed by atoms with Gasteiger partial charge in [-0.1, -0.05) is 0 Å². The van der Waals surface area contributed by atoms with Crippen LogP contribution < -0.4 is 5.32 Å². The number of likely N-dealkylation sites (tertiary alicyclic amines) is 1. The lowest BCUT2D eigenvalue weighted by molar-refractivity contribution is 0.0634. The smallest absolute Gasteiger partial charge is 0.335 e. The molecule has 140 valence electrons. The second-order valence-corrected chi connectivity index (χ2v) is 6.76. The highest BCUT2D eigenvalue weighted by atomic mass is 16.4. The molecule has 1 aliphatic rings. The number of rotatable bonds is 4. The van der Waals surface area contributed by atoms with Gasteiger partial charge in [0, 0.05) is 29.4 Å². The van der Waals surface area contributed by atoms with Gasteiger partial charge in [0.05, 0.1) is 5.56 Å². The zero-order valence-corrected chi connectivity index (χ0v) is 15.1. The molecule has 2 amide bonds. The summed E-state index contributed by atoms with van der Waals surface area (Å²) in [6, 6.07) is 12.8. The van der Waals surface area contributed by atoms with Gasteiger partial charge in [-0.05, 0) is 74.7 Å². The average molecular weight is 366 g/mol. The fourth-order valence-electron chi connectivity index (χ4n) is 3.23. The quantitative estimate of drug-likeness (QED) is 0.865. The van der Waals surface area contributed by atoms with Crippen LogP contribution >= 0.6 is 0 Å². The molecule has 6 nitrogen and oxygen atoms in total. The minimum atomic E-state index is -1.04. The van der Waals surface area contributed by atoms with Gasteiger partial charge in [0.2, 0.25) is 0 Å². The molecule has 1 heterocycles. The number of carboxylic acids is 1. The van der Waals surface area contributed by atoms with Crippen LogP contribution in [0, 0.1) is 0 Å². The fraction of sp³-hybridized carbons (Fsp3) is 0.286. The predicted octanol–water partition coefficient (Wildman–Crippen LogP) is 3.65. The Morgan fingerprint density at radius 3 is 2.11 bits per heavy atom. The van der Waals surface area contributed by atoms with Gasteiger partial charge >= 0.3 is 5.97 Å². The number of aromatic carboxylic acids is 1. The van der Waals surface area contributed by atoms with Gasteiger partial charge in [-0.3, -0.25) is 9.59 Å². The molecule has 1 fully saturated rings. The second kappa shape index (κ2) is 8.03. The Hall–Kier alpha value is -3.15. The zero-order valence-electron chi connectivity index (χ0n) is 15.1. The van der Waals surface area contributed by atoms with Crippen LogP contribution in [0.2, 0.25) is 0 Å². The molecule has 0 radical (unpaired) electrons. The van der Waals surface area contributed by atoms with E-state index in [4.69, 9.17) is 5.11 Å². The number of nitrogens with one attached hydrogen (secondary N) is 1. The molecule has 0 bridgehead atoms. The Kier molecular flexibility index (Phi) is 5.54. The highest BCUT2D eigenvalue weighted by Crippen LogP contribution is 2.20. The van der Waals surface area contributed by atoms with Crippen LogP contribution in [-0.2, 0) is 0 Å². The third kappa shape index (κ3) is 4.34. The van der Waals surface area contributed by atoms with Gasteiger partial charge in [-0.2, -0.15) is 0 Å². The second-order valence-electron chi connectivity index (χ2n) is 6.76. The number of amides is 2. The highest BCUT2D eigenvalue weighted by molar-refractivity contribution is 6.05. The van der Waals surface area contributed by atoms with Crippen molar-refractivity contribution in [1.82, 2.24) is 4.90 Å². The summed E-state index contributed by atoms with van der Waals surface area (Å²) in [5, 5.41) is 11.6. The van der Waals surface area contributed by atoms with Gasteiger partial charge in [-0.25, -0.2) is 4.79 Å². The van der Waals surface area contributed by atoms with E-state index in [2.05, 4.69) is 12.2 Å². The SMILES string of the molecule is CC1CCCCN1C(=O)c1ccc(NC(=O)c2ccc(C(=O)O)cc2)cc1. The fourth-order valence-corrected chi connectivity index (χ4v) is 3.23. The predicted molar refractivity (Wildman–Crippen MR) is 102 cm³/mol. The van der Waals surface area contributed by atoms with Crippen LogP contribution in [0.5, 0.6) is 0 Å². The normalized spacial score (nSPS) is 16.6. The molecule has 0 aromatic heterocycles. The van der Waals surface area contributed by atoms with Crippen LogP contribution in [0.1, 0.15) is 57.3 Å². The molecule has 0 spiro atoms. The lowest BCUT2D eigenvalue weighted by Gasteiger charge is -2.33. The molecule has 0 saturated carbocycles. The Bertz CT molecular complexity index is 843. The number of carbonyl (C=O) groups excluding carboxylic acids is 2. The summed E-state index contributed by atoms with van der Waals surface area (Å²) >= 11 is 0. The minimum absolute atomic E-state index is 0.0179. The van der Waals surface area contributed by atoms with Crippen molar-refractivity contribution in [2.75, 3.05) is 11.9 Å². The van der Waals surface area contributed by atoms with Gasteiger partial charge < -0.3 is 15.3 Å². The Labute approximate surface area is 157 Å². The van der Waals surface area contributed by atoms with Crippen molar-refractivity contribution in [3.63, 3.8) is 0 Å². The summed E-state index contributed by atoms with van der Waals surface area (Å²) in [5.74, 6) is -1.36. The topological polar surface area (TPSA) is 86.7 Å². The molecule has 1 unspecified atom stereocenters.